The average molecular weight is 301 g/mol. The van der Waals surface area contributed by atoms with Gasteiger partial charge in [-0.3, -0.25) is 4.79 Å². The summed E-state index contributed by atoms with van der Waals surface area (Å²) in [5.74, 6) is 1.01. The lowest BCUT2D eigenvalue weighted by molar-refractivity contribution is -0.121. The molecule has 22 heavy (non-hydrogen) atoms. The Labute approximate surface area is 128 Å². The Morgan fingerprint density at radius 2 is 2.18 bits per heavy atom. The van der Waals surface area contributed by atoms with E-state index in [1.54, 1.807) is 0 Å². The van der Waals surface area contributed by atoms with Gasteiger partial charge in [0.15, 0.2) is 0 Å². The first kappa shape index (κ1) is 14.7. The molecule has 1 saturated heterocycles. The number of rotatable bonds is 6. The molecular formula is C16H19N3O3. The fourth-order valence-corrected chi connectivity index (χ4v) is 2.40. The van der Waals surface area contributed by atoms with Crippen LogP contribution in [0, 0.1) is 0 Å². The lowest BCUT2D eigenvalue weighted by atomic mass is 10.2. The van der Waals surface area contributed by atoms with Gasteiger partial charge in [-0.1, -0.05) is 35.5 Å². The van der Waals surface area contributed by atoms with Crippen LogP contribution in [0.5, 0.6) is 0 Å². The normalized spacial score (nSPS) is 17.5. The Morgan fingerprint density at radius 3 is 2.95 bits per heavy atom. The fraction of sp³-hybridized carbons (Fsp3) is 0.438. The maximum Gasteiger partial charge on any atom is 0.227 e. The Kier molecular flexibility index (Phi) is 4.80. The second-order valence-corrected chi connectivity index (χ2v) is 5.32. The van der Waals surface area contributed by atoms with Crippen LogP contribution in [0.2, 0.25) is 0 Å². The lowest BCUT2D eigenvalue weighted by Crippen LogP contribution is -2.31. The molecule has 1 aliphatic rings. The van der Waals surface area contributed by atoms with E-state index in [1.165, 1.54) is 0 Å². The van der Waals surface area contributed by atoms with E-state index in [2.05, 4.69) is 15.5 Å². The van der Waals surface area contributed by atoms with Crippen molar-refractivity contribution >= 4 is 5.91 Å². The highest BCUT2D eigenvalue weighted by atomic mass is 16.5. The van der Waals surface area contributed by atoms with Gasteiger partial charge in [0.1, 0.15) is 0 Å². The van der Waals surface area contributed by atoms with Gasteiger partial charge in [0.25, 0.3) is 0 Å². The summed E-state index contributed by atoms with van der Waals surface area (Å²) >= 11 is 0. The third-order valence-corrected chi connectivity index (χ3v) is 3.62. The molecular weight excluding hydrogens is 282 g/mol. The predicted molar refractivity (Wildman–Crippen MR) is 80.0 cm³/mol. The lowest BCUT2D eigenvalue weighted by Gasteiger charge is -2.09. The van der Waals surface area contributed by atoms with Crippen LogP contribution < -0.4 is 5.32 Å². The average Bonchev–Trinajstić information content (AvgIpc) is 3.23. The number of carbonyl (C=O) groups is 1. The maximum absolute atomic E-state index is 11.8. The van der Waals surface area contributed by atoms with Crippen LogP contribution in [0.15, 0.2) is 34.9 Å². The number of hydrogen-bond acceptors (Lipinski definition) is 5. The Balaban J connectivity index is 1.45. The van der Waals surface area contributed by atoms with E-state index >= 15 is 0 Å². The van der Waals surface area contributed by atoms with Gasteiger partial charge < -0.3 is 14.6 Å². The van der Waals surface area contributed by atoms with Gasteiger partial charge in [0.2, 0.25) is 17.6 Å². The minimum atomic E-state index is -0.0186. The quantitative estimate of drug-likeness (QED) is 0.882. The van der Waals surface area contributed by atoms with Crippen molar-refractivity contribution in [2.75, 3.05) is 13.2 Å². The number of amides is 1. The summed E-state index contributed by atoms with van der Waals surface area (Å²) in [6, 6.07) is 9.61. The van der Waals surface area contributed by atoms with Crippen molar-refractivity contribution in [2.45, 2.75) is 31.8 Å². The van der Waals surface area contributed by atoms with Crippen molar-refractivity contribution in [1.29, 1.82) is 0 Å². The molecule has 0 radical (unpaired) electrons. The molecule has 1 N–H and O–H groups in total. The van der Waals surface area contributed by atoms with Gasteiger partial charge in [-0.2, -0.15) is 4.98 Å². The first-order valence-electron chi connectivity index (χ1n) is 7.57. The minimum absolute atomic E-state index is 0.0186. The van der Waals surface area contributed by atoms with Gasteiger partial charge in [-0.15, -0.1) is 0 Å². The number of hydrogen-bond donors (Lipinski definition) is 1. The van der Waals surface area contributed by atoms with Gasteiger partial charge in [-0.25, -0.2) is 0 Å². The molecule has 1 aliphatic heterocycles. The van der Waals surface area contributed by atoms with E-state index in [0.717, 1.165) is 25.0 Å². The molecule has 2 heterocycles. The molecule has 1 fully saturated rings. The highest BCUT2D eigenvalue weighted by Gasteiger charge is 2.16. The molecule has 0 saturated carbocycles. The van der Waals surface area contributed by atoms with Gasteiger partial charge >= 0.3 is 0 Å². The van der Waals surface area contributed by atoms with Gasteiger partial charge in [-0.05, 0) is 12.8 Å². The van der Waals surface area contributed by atoms with E-state index in [9.17, 15) is 4.79 Å². The smallest absolute Gasteiger partial charge is 0.227 e. The summed E-state index contributed by atoms with van der Waals surface area (Å²) in [4.78, 5) is 16.1. The van der Waals surface area contributed by atoms with Crippen molar-refractivity contribution in [1.82, 2.24) is 15.5 Å². The topological polar surface area (TPSA) is 77.2 Å². The van der Waals surface area contributed by atoms with Crippen LogP contribution in [0.1, 0.15) is 25.2 Å². The number of carbonyl (C=O) groups excluding carboxylic acids is 1. The Hall–Kier alpha value is -2.21. The monoisotopic (exact) mass is 301 g/mol. The first-order valence-corrected chi connectivity index (χ1v) is 7.57. The zero-order valence-corrected chi connectivity index (χ0v) is 12.3. The molecule has 2 aromatic rings. The number of benzene rings is 1. The molecule has 1 aromatic heterocycles. The van der Waals surface area contributed by atoms with Crippen molar-refractivity contribution in [3.05, 3.63) is 36.2 Å². The van der Waals surface area contributed by atoms with Crippen LogP contribution >= 0.6 is 0 Å². The molecule has 116 valence electrons. The second-order valence-electron chi connectivity index (χ2n) is 5.32. The fourth-order valence-electron chi connectivity index (χ4n) is 2.40. The van der Waals surface area contributed by atoms with Crippen LogP contribution in [0.3, 0.4) is 0 Å². The molecule has 6 heteroatoms. The standard InChI is InChI=1S/C16H19N3O3/c20-14(17-11-13-7-4-10-21-13)8-9-15-18-16(19-22-15)12-5-2-1-3-6-12/h1-3,5-6,13H,4,7-11H2,(H,17,20)/t13-/m0/s1. The van der Waals surface area contributed by atoms with Crippen molar-refractivity contribution in [3.8, 4) is 11.4 Å². The van der Waals surface area contributed by atoms with Gasteiger partial charge in [0, 0.05) is 31.6 Å². The summed E-state index contributed by atoms with van der Waals surface area (Å²) < 4.78 is 10.6. The summed E-state index contributed by atoms with van der Waals surface area (Å²) in [5, 5.41) is 6.82. The Morgan fingerprint density at radius 1 is 1.32 bits per heavy atom. The van der Waals surface area contributed by atoms with Crippen LogP contribution in [0.4, 0.5) is 0 Å². The summed E-state index contributed by atoms with van der Waals surface area (Å²) in [7, 11) is 0. The molecule has 0 spiro atoms. The largest absolute Gasteiger partial charge is 0.376 e. The molecule has 0 aliphatic carbocycles. The zero-order chi connectivity index (χ0) is 15.2. The second kappa shape index (κ2) is 7.17. The van der Waals surface area contributed by atoms with Crippen molar-refractivity contribution < 1.29 is 14.1 Å². The molecule has 1 amide bonds. The Bertz CT molecular complexity index is 606. The van der Waals surface area contributed by atoms with Crippen molar-refractivity contribution in [2.24, 2.45) is 0 Å². The zero-order valence-electron chi connectivity index (χ0n) is 12.3. The van der Waals surface area contributed by atoms with E-state index < -0.39 is 0 Å². The molecule has 6 nitrogen and oxygen atoms in total. The van der Waals surface area contributed by atoms with Crippen LogP contribution in [0.25, 0.3) is 11.4 Å². The number of nitrogens with one attached hydrogen (secondary N) is 1. The molecule has 1 atom stereocenters. The minimum Gasteiger partial charge on any atom is -0.376 e. The van der Waals surface area contributed by atoms with Crippen LogP contribution in [-0.2, 0) is 16.0 Å². The predicted octanol–water partition coefficient (Wildman–Crippen LogP) is 1.96. The van der Waals surface area contributed by atoms with Crippen LogP contribution in [-0.4, -0.2) is 35.3 Å². The third kappa shape index (κ3) is 3.92. The number of aryl methyl sites for hydroxylation is 1. The van der Waals surface area contributed by atoms with E-state index in [0.29, 0.717) is 31.1 Å². The first-order chi connectivity index (χ1) is 10.8. The highest BCUT2D eigenvalue weighted by molar-refractivity contribution is 5.76. The van der Waals surface area contributed by atoms with Crippen molar-refractivity contribution in [3.63, 3.8) is 0 Å². The molecule has 3 rings (SSSR count). The maximum atomic E-state index is 11.8. The van der Waals surface area contributed by atoms with E-state index in [4.69, 9.17) is 9.26 Å². The number of ether oxygens (including phenoxy) is 1. The van der Waals surface area contributed by atoms with Gasteiger partial charge in [0.05, 0.1) is 6.10 Å². The molecule has 0 unspecified atom stereocenters. The summed E-state index contributed by atoms with van der Waals surface area (Å²) in [6.07, 6.45) is 3.03. The third-order valence-electron chi connectivity index (χ3n) is 3.62. The molecule has 0 bridgehead atoms. The summed E-state index contributed by atoms with van der Waals surface area (Å²) in [6.45, 7) is 1.38. The summed E-state index contributed by atoms with van der Waals surface area (Å²) in [5.41, 5.74) is 0.903. The number of nitrogens with zero attached hydrogens (tertiary/aromatic N) is 2. The number of aromatic nitrogens is 2. The molecule has 1 aromatic carbocycles. The van der Waals surface area contributed by atoms with E-state index in [-0.39, 0.29) is 12.0 Å². The highest BCUT2D eigenvalue weighted by Crippen LogP contribution is 2.15. The van der Waals surface area contributed by atoms with E-state index in [1.807, 2.05) is 30.3 Å². The SMILES string of the molecule is O=C(CCc1nc(-c2ccccc2)no1)NC[C@@H]1CCCO1.